The lowest BCUT2D eigenvalue weighted by atomic mass is 9.96. The normalized spacial score (nSPS) is 15.1. The Morgan fingerprint density at radius 2 is 1.66 bits per heavy atom. The number of nitrogens with zero attached hydrogens (tertiary/aromatic N) is 3. The summed E-state index contributed by atoms with van der Waals surface area (Å²) < 4.78 is 7.43. The van der Waals surface area contributed by atoms with Crippen LogP contribution in [0.3, 0.4) is 0 Å². The van der Waals surface area contributed by atoms with E-state index >= 15 is 0 Å². The number of hydrogen-bond donors (Lipinski definition) is 0. The first-order valence-electron chi connectivity index (χ1n) is 11.6. The molecule has 5 nitrogen and oxygen atoms in total. The molecule has 0 amide bonds. The zero-order chi connectivity index (χ0) is 25.2. The average molecular weight is 533 g/mol. The minimum Gasteiger partial charge on any atom is -0.460 e. The number of benzene rings is 2. The van der Waals surface area contributed by atoms with Crippen LogP contribution in [0, 0.1) is 5.92 Å². The standard InChI is InChI=1S/C27H28Cl3N3O2/c1-27(2,3)35-26(34)18-12-14-32(15-13-18)25-17-21(10-11-22-23(29)8-5-9-24(22)30)33(31-25)20-7-4-6-19(28)16-20/h4-11,16-18H,12-15H2,1-3H3/b11-10+. The van der Waals surface area contributed by atoms with Gasteiger partial charge in [-0.15, -0.1) is 5.10 Å². The highest BCUT2D eigenvalue weighted by Crippen LogP contribution is 2.30. The molecule has 2 heterocycles. The van der Waals surface area contributed by atoms with Gasteiger partial charge in [0.25, 0.3) is 0 Å². The Balaban J connectivity index is 1.60. The van der Waals surface area contributed by atoms with Crippen LogP contribution in [0.4, 0.5) is 5.82 Å². The third-order valence-corrected chi connectivity index (χ3v) is 6.65. The molecule has 0 bridgehead atoms. The quantitative estimate of drug-likeness (QED) is 0.318. The Morgan fingerprint density at radius 3 is 2.29 bits per heavy atom. The topological polar surface area (TPSA) is 47.4 Å². The van der Waals surface area contributed by atoms with E-state index in [0.29, 0.717) is 15.1 Å². The van der Waals surface area contributed by atoms with Crippen molar-refractivity contribution in [2.24, 2.45) is 5.92 Å². The predicted molar refractivity (Wildman–Crippen MR) is 145 cm³/mol. The van der Waals surface area contributed by atoms with E-state index in [1.165, 1.54) is 0 Å². The average Bonchev–Trinajstić information content (AvgIpc) is 3.22. The lowest BCUT2D eigenvalue weighted by molar-refractivity contribution is -0.160. The summed E-state index contributed by atoms with van der Waals surface area (Å²) >= 11 is 19.0. The molecule has 1 aliphatic heterocycles. The van der Waals surface area contributed by atoms with Crippen LogP contribution in [-0.4, -0.2) is 34.4 Å². The van der Waals surface area contributed by atoms with Gasteiger partial charge in [-0.3, -0.25) is 4.79 Å². The van der Waals surface area contributed by atoms with Gasteiger partial charge in [-0.25, -0.2) is 4.68 Å². The molecule has 0 N–H and O–H groups in total. The van der Waals surface area contributed by atoms with E-state index < -0.39 is 5.60 Å². The van der Waals surface area contributed by atoms with Crippen molar-refractivity contribution in [1.29, 1.82) is 0 Å². The number of carbonyl (C=O) groups is 1. The molecular weight excluding hydrogens is 505 g/mol. The Kier molecular flexibility index (Phi) is 7.80. The molecule has 4 rings (SSSR count). The van der Waals surface area contributed by atoms with Gasteiger partial charge in [0.2, 0.25) is 0 Å². The number of esters is 1. The Bertz CT molecular complexity index is 1220. The van der Waals surface area contributed by atoms with Crippen molar-refractivity contribution < 1.29 is 9.53 Å². The van der Waals surface area contributed by atoms with Crippen LogP contribution in [0.15, 0.2) is 48.5 Å². The van der Waals surface area contributed by atoms with E-state index in [-0.39, 0.29) is 11.9 Å². The van der Waals surface area contributed by atoms with Gasteiger partial charge < -0.3 is 9.64 Å². The fourth-order valence-corrected chi connectivity index (χ4v) is 4.75. The van der Waals surface area contributed by atoms with E-state index in [0.717, 1.165) is 48.7 Å². The third-order valence-electron chi connectivity index (χ3n) is 5.76. The molecule has 0 atom stereocenters. The van der Waals surface area contributed by atoms with Crippen molar-refractivity contribution >= 4 is 58.7 Å². The molecule has 3 aromatic rings. The van der Waals surface area contributed by atoms with Crippen molar-refractivity contribution in [1.82, 2.24) is 9.78 Å². The number of rotatable bonds is 5. The van der Waals surface area contributed by atoms with E-state index in [2.05, 4.69) is 4.90 Å². The number of halogens is 3. The molecule has 0 unspecified atom stereocenters. The summed E-state index contributed by atoms with van der Waals surface area (Å²) in [7, 11) is 0. The molecule has 2 aromatic carbocycles. The van der Waals surface area contributed by atoms with Crippen molar-refractivity contribution in [3.05, 3.63) is 74.9 Å². The second-order valence-corrected chi connectivity index (χ2v) is 10.8. The Morgan fingerprint density at radius 1 is 1.00 bits per heavy atom. The minimum absolute atomic E-state index is 0.0952. The summed E-state index contributed by atoms with van der Waals surface area (Å²) in [5.74, 6) is 0.613. The highest BCUT2D eigenvalue weighted by atomic mass is 35.5. The smallest absolute Gasteiger partial charge is 0.309 e. The molecule has 0 aliphatic carbocycles. The molecule has 1 fully saturated rings. The molecule has 1 saturated heterocycles. The van der Waals surface area contributed by atoms with Gasteiger partial charge in [0, 0.05) is 39.8 Å². The zero-order valence-electron chi connectivity index (χ0n) is 20.0. The molecule has 0 spiro atoms. The van der Waals surface area contributed by atoms with E-state index in [9.17, 15) is 4.79 Å². The molecule has 1 aliphatic rings. The van der Waals surface area contributed by atoms with Crippen LogP contribution in [0.2, 0.25) is 15.1 Å². The summed E-state index contributed by atoms with van der Waals surface area (Å²) in [6.07, 6.45) is 5.28. The fourth-order valence-electron chi connectivity index (χ4n) is 4.04. The Hall–Kier alpha value is -2.47. The van der Waals surface area contributed by atoms with Crippen LogP contribution < -0.4 is 4.90 Å². The number of carbonyl (C=O) groups excluding carboxylic acids is 1. The second-order valence-electron chi connectivity index (χ2n) is 9.58. The van der Waals surface area contributed by atoms with E-state index in [1.54, 1.807) is 0 Å². The molecule has 184 valence electrons. The van der Waals surface area contributed by atoms with Crippen LogP contribution in [0.25, 0.3) is 17.8 Å². The SMILES string of the molecule is CC(C)(C)OC(=O)C1CCN(c2cc(/C=C/c3c(Cl)cccc3Cl)n(-c3cccc(Cl)c3)n2)CC1. The summed E-state index contributed by atoms with van der Waals surface area (Å²) in [6.45, 7) is 7.13. The molecule has 1 aromatic heterocycles. The van der Waals surface area contributed by atoms with Gasteiger partial charge >= 0.3 is 5.97 Å². The summed E-state index contributed by atoms with van der Waals surface area (Å²) in [4.78, 5) is 14.7. The maximum Gasteiger partial charge on any atom is 0.309 e. The second kappa shape index (κ2) is 10.7. The van der Waals surface area contributed by atoms with Crippen molar-refractivity contribution in [3.63, 3.8) is 0 Å². The first-order chi connectivity index (χ1) is 16.6. The summed E-state index contributed by atoms with van der Waals surface area (Å²) in [5.41, 5.74) is 1.97. The number of hydrogen-bond acceptors (Lipinski definition) is 4. The van der Waals surface area contributed by atoms with Gasteiger partial charge in [0.1, 0.15) is 5.60 Å². The predicted octanol–water partition coefficient (Wildman–Crippen LogP) is 7.56. The van der Waals surface area contributed by atoms with Gasteiger partial charge in [-0.1, -0.05) is 46.9 Å². The maximum absolute atomic E-state index is 12.5. The first-order valence-corrected chi connectivity index (χ1v) is 12.7. The van der Waals surface area contributed by atoms with Gasteiger partial charge in [0.15, 0.2) is 5.82 Å². The van der Waals surface area contributed by atoms with E-state index in [4.69, 9.17) is 44.6 Å². The Labute approximate surface area is 221 Å². The summed E-state index contributed by atoms with van der Waals surface area (Å²) in [5, 5.41) is 6.66. The first kappa shape index (κ1) is 25.6. The lowest BCUT2D eigenvalue weighted by Crippen LogP contribution is -2.39. The van der Waals surface area contributed by atoms with Crippen LogP contribution in [0.5, 0.6) is 0 Å². The number of piperidine rings is 1. The van der Waals surface area contributed by atoms with Crippen LogP contribution in [-0.2, 0) is 9.53 Å². The number of anilines is 1. The molecular formula is C27H28Cl3N3O2. The van der Waals surface area contributed by atoms with Crippen molar-refractivity contribution in [2.45, 2.75) is 39.2 Å². The monoisotopic (exact) mass is 531 g/mol. The molecule has 8 heteroatoms. The molecule has 35 heavy (non-hydrogen) atoms. The van der Waals surface area contributed by atoms with E-state index in [1.807, 2.05) is 86.1 Å². The van der Waals surface area contributed by atoms with Gasteiger partial charge in [-0.2, -0.15) is 0 Å². The number of ether oxygens (including phenoxy) is 1. The molecule has 0 saturated carbocycles. The van der Waals surface area contributed by atoms with Crippen molar-refractivity contribution in [3.8, 4) is 5.69 Å². The largest absolute Gasteiger partial charge is 0.460 e. The minimum atomic E-state index is -0.476. The van der Waals surface area contributed by atoms with Gasteiger partial charge in [0.05, 0.1) is 17.3 Å². The maximum atomic E-state index is 12.5. The highest BCUT2D eigenvalue weighted by molar-refractivity contribution is 6.37. The lowest BCUT2D eigenvalue weighted by Gasteiger charge is -2.32. The van der Waals surface area contributed by atoms with Crippen LogP contribution in [0.1, 0.15) is 44.9 Å². The van der Waals surface area contributed by atoms with Crippen LogP contribution >= 0.6 is 34.8 Å². The van der Waals surface area contributed by atoms with Gasteiger partial charge in [-0.05, 0) is 76.1 Å². The molecule has 0 radical (unpaired) electrons. The van der Waals surface area contributed by atoms with Crippen molar-refractivity contribution in [2.75, 3.05) is 18.0 Å². The summed E-state index contributed by atoms with van der Waals surface area (Å²) in [6, 6.07) is 15.0. The number of aromatic nitrogens is 2. The zero-order valence-corrected chi connectivity index (χ0v) is 22.2. The fraction of sp³-hybridized carbons (Fsp3) is 0.333. The highest BCUT2D eigenvalue weighted by Gasteiger charge is 2.30. The third kappa shape index (κ3) is 6.40.